The van der Waals surface area contributed by atoms with Crippen molar-refractivity contribution in [3.05, 3.63) is 35.2 Å². The Balaban J connectivity index is 2.38. The Bertz CT molecular complexity index is 417. The van der Waals surface area contributed by atoms with Crippen molar-refractivity contribution in [3.8, 4) is 0 Å². The summed E-state index contributed by atoms with van der Waals surface area (Å²) in [6.07, 6.45) is 4.57. The molecule has 1 aromatic heterocycles. The third kappa shape index (κ3) is 1.69. The van der Waals surface area contributed by atoms with Crippen molar-refractivity contribution in [3.63, 3.8) is 0 Å². The van der Waals surface area contributed by atoms with Crippen LogP contribution >= 0.6 is 0 Å². The van der Waals surface area contributed by atoms with E-state index in [1.165, 1.54) is 5.56 Å². The molecule has 0 aliphatic carbocycles. The molecule has 1 amide bonds. The van der Waals surface area contributed by atoms with Crippen LogP contribution in [0.1, 0.15) is 29.4 Å². The maximum Gasteiger partial charge on any atom is 0.226 e. The molecule has 1 aromatic rings. The summed E-state index contributed by atoms with van der Waals surface area (Å²) in [5.41, 5.74) is 3.48. The van der Waals surface area contributed by atoms with Gasteiger partial charge in [-0.15, -0.1) is 0 Å². The molecule has 3 heteroatoms. The zero-order chi connectivity index (χ0) is 11.0. The highest BCUT2D eigenvalue weighted by Crippen LogP contribution is 2.28. The second kappa shape index (κ2) is 3.57. The minimum Gasteiger partial charge on any atom is -0.362 e. The summed E-state index contributed by atoms with van der Waals surface area (Å²) in [5.74, 6) is 0.181. The smallest absolute Gasteiger partial charge is 0.226 e. The van der Waals surface area contributed by atoms with E-state index < -0.39 is 0 Å². The lowest BCUT2D eigenvalue weighted by Crippen LogP contribution is -2.32. The van der Waals surface area contributed by atoms with E-state index in [1.54, 1.807) is 4.90 Å². The van der Waals surface area contributed by atoms with Crippen LogP contribution < -0.4 is 0 Å². The molecule has 0 saturated heterocycles. The van der Waals surface area contributed by atoms with Gasteiger partial charge in [0.15, 0.2) is 0 Å². The highest BCUT2D eigenvalue weighted by molar-refractivity contribution is 5.79. The number of hydrogen-bond acceptors (Lipinski definition) is 1. The van der Waals surface area contributed by atoms with Crippen LogP contribution in [0, 0.1) is 13.8 Å². The molecule has 2 heterocycles. The Hall–Kier alpha value is -1.51. The van der Waals surface area contributed by atoms with E-state index in [0.29, 0.717) is 6.42 Å². The third-order valence-corrected chi connectivity index (χ3v) is 2.93. The largest absolute Gasteiger partial charge is 0.362 e. The number of aromatic amines is 1. The molecule has 1 N–H and O–H groups in total. The van der Waals surface area contributed by atoms with E-state index in [2.05, 4.69) is 17.1 Å². The first-order valence-corrected chi connectivity index (χ1v) is 5.18. The van der Waals surface area contributed by atoms with E-state index >= 15 is 0 Å². The topological polar surface area (TPSA) is 36.1 Å². The van der Waals surface area contributed by atoms with Crippen LogP contribution in [0.25, 0.3) is 0 Å². The first-order valence-electron chi connectivity index (χ1n) is 5.18. The molecule has 2 rings (SSSR count). The first kappa shape index (κ1) is 10.0. The summed E-state index contributed by atoms with van der Waals surface area (Å²) < 4.78 is 0. The van der Waals surface area contributed by atoms with Crippen LogP contribution in [0.15, 0.2) is 18.2 Å². The monoisotopic (exact) mass is 204 g/mol. The van der Waals surface area contributed by atoms with Crippen molar-refractivity contribution in [1.29, 1.82) is 0 Å². The van der Waals surface area contributed by atoms with E-state index in [0.717, 1.165) is 11.4 Å². The number of H-pyrrole nitrogens is 1. The van der Waals surface area contributed by atoms with Gasteiger partial charge in [0.1, 0.15) is 0 Å². The van der Waals surface area contributed by atoms with Gasteiger partial charge in [0, 0.05) is 24.9 Å². The van der Waals surface area contributed by atoms with Crippen molar-refractivity contribution in [2.24, 2.45) is 0 Å². The Morgan fingerprint density at radius 2 is 2.20 bits per heavy atom. The van der Waals surface area contributed by atoms with Crippen molar-refractivity contribution >= 4 is 5.91 Å². The Morgan fingerprint density at radius 3 is 2.80 bits per heavy atom. The standard InChI is InChI=1S/C12H16N2O/c1-8-7-10(9(2)13-8)11-5-4-6-12(15)14(11)3/h4-5,7,11,13H,6H2,1-3H3. The van der Waals surface area contributed by atoms with Crippen molar-refractivity contribution < 1.29 is 4.79 Å². The number of carbonyl (C=O) groups excluding carboxylic acids is 1. The molecular weight excluding hydrogens is 188 g/mol. The van der Waals surface area contributed by atoms with E-state index in [4.69, 9.17) is 0 Å². The van der Waals surface area contributed by atoms with Crippen LogP contribution in [0.4, 0.5) is 0 Å². The maximum atomic E-state index is 11.6. The number of likely N-dealkylation sites (N-methyl/N-ethyl adjacent to an activating group) is 1. The van der Waals surface area contributed by atoms with Gasteiger partial charge >= 0.3 is 0 Å². The van der Waals surface area contributed by atoms with Gasteiger partial charge in [0.25, 0.3) is 0 Å². The fourth-order valence-electron chi connectivity index (χ4n) is 2.09. The van der Waals surface area contributed by atoms with Crippen molar-refractivity contribution in [2.75, 3.05) is 7.05 Å². The number of nitrogens with one attached hydrogen (secondary N) is 1. The SMILES string of the molecule is Cc1cc(C2C=CCC(=O)N2C)c(C)[nH]1. The quantitative estimate of drug-likeness (QED) is 0.699. The minimum absolute atomic E-state index is 0.0937. The average molecular weight is 204 g/mol. The van der Waals surface area contributed by atoms with Gasteiger partial charge in [-0.2, -0.15) is 0 Å². The molecule has 0 aromatic carbocycles. The molecule has 1 unspecified atom stereocenters. The molecule has 80 valence electrons. The predicted octanol–water partition coefficient (Wildman–Crippen LogP) is 2.09. The zero-order valence-corrected chi connectivity index (χ0v) is 9.37. The Labute approximate surface area is 89.8 Å². The van der Waals surface area contributed by atoms with Crippen LogP contribution in [0.3, 0.4) is 0 Å². The van der Waals surface area contributed by atoms with Crippen LogP contribution in [-0.2, 0) is 4.79 Å². The molecular formula is C12H16N2O. The van der Waals surface area contributed by atoms with Gasteiger partial charge in [-0.05, 0) is 25.5 Å². The molecule has 0 bridgehead atoms. The second-order valence-electron chi connectivity index (χ2n) is 4.11. The number of rotatable bonds is 1. The third-order valence-electron chi connectivity index (χ3n) is 2.93. The molecule has 0 spiro atoms. The van der Waals surface area contributed by atoms with E-state index in [9.17, 15) is 4.79 Å². The number of nitrogens with zero attached hydrogens (tertiary/aromatic N) is 1. The zero-order valence-electron chi connectivity index (χ0n) is 9.37. The number of aromatic nitrogens is 1. The molecule has 0 saturated carbocycles. The van der Waals surface area contributed by atoms with Crippen molar-refractivity contribution in [1.82, 2.24) is 9.88 Å². The highest BCUT2D eigenvalue weighted by Gasteiger charge is 2.23. The number of aryl methyl sites for hydroxylation is 2. The lowest BCUT2D eigenvalue weighted by Gasteiger charge is -2.28. The Kier molecular flexibility index (Phi) is 2.39. The summed E-state index contributed by atoms with van der Waals surface area (Å²) in [6.45, 7) is 4.08. The number of carbonyl (C=O) groups is 1. The van der Waals surface area contributed by atoms with Crippen LogP contribution in [0.5, 0.6) is 0 Å². The van der Waals surface area contributed by atoms with Gasteiger partial charge in [-0.1, -0.05) is 12.2 Å². The molecule has 3 nitrogen and oxygen atoms in total. The lowest BCUT2D eigenvalue weighted by atomic mass is 10.0. The molecule has 1 atom stereocenters. The van der Waals surface area contributed by atoms with E-state index in [-0.39, 0.29) is 11.9 Å². The molecule has 0 radical (unpaired) electrons. The fourth-order valence-corrected chi connectivity index (χ4v) is 2.09. The van der Waals surface area contributed by atoms with Gasteiger partial charge in [0.05, 0.1) is 6.04 Å². The minimum atomic E-state index is 0.0937. The maximum absolute atomic E-state index is 11.6. The first-order chi connectivity index (χ1) is 7.09. The predicted molar refractivity (Wildman–Crippen MR) is 59.5 cm³/mol. The summed E-state index contributed by atoms with van der Waals surface area (Å²) in [4.78, 5) is 16.6. The van der Waals surface area contributed by atoms with Gasteiger partial charge in [-0.3, -0.25) is 4.79 Å². The summed E-state index contributed by atoms with van der Waals surface area (Å²) >= 11 is 0. The molecule has 15 heavy (non-hydrogen) atoms. The van der Waals surface area contributed by atoms with Gasteiger partial charge in [0.2, 0.25) is 5.91 Å². The molecule has 1 aliphatic heterocycles. The van der Waals surface area contributed by atoms with Crippen LogP contribution in [-0.4, -0.2) is 22.8 Å². The molecule has 0 fully saturated rings. The average Bonchev–Trinajstić information content (AvgIpc) is 2.50. The fraction of sp³-hybridized carbons (Fsp3) is 0.417. The molecule has 1 aliphatic rings. The highest BCUT2D eigenvalue weighted by atomic mass is 16.2. The van der Waals surface area contributed by atoms with Crippen LogP contribution in [0.2, 0.25) is 0 Å². The summed E-state index contributed by atoms with van der Waals surface area (Å²) in [5, 5.41) is 0. The summed E-state index contributed by atoms with van der Waals surface area (Å²) in [7, 11) is 1.86. The second-order valence-corrected chi connectivity index (χ2v) is 4.11. The van der Waals surface area contributed by atoms with Crippen molar-refractivity contribution in [2.45, 2.75) is 26.3 Å². The number of amides is 1. The normalized spacial score (nSPS) is 21.1. The lowest BCUT2D eigenvalue weighted by molar-refractivity contribution is -0.130. The van der Waals surface area contributed by atoms with E-state index in [1.807, 2.05) is 27.0 Å². The Morgan fingerprint density at radius 1 is 1.47 bits per heavy atom. The summed E-state index contributed by atoms with van der Waals surface area (Å²) in [6, 6.07) is 2.20. The van der Waals surface area contributed by atoms with Gasteiger partial charge < -0.3 is 9.88 Å². The number of hydrogen-bond donors (Lipinski definition) is 1. The van der Waals surface area contributed by atoms with Gasteiger partial charge in [-0.25, -0.2) is 0 Å².